The number of benzene rings is 1. The van der Waals surface area contributed by atoms with Crippen LogP contribution in [0.15, 0.2) is 24.3 Å². The summed E-state index contributed by atoms with van der Waals surface area (Å²) in [5.41, 5.74) is 6.61. The molecule has 0 fully saturated rings. The molecule has 0 saturated heterocycles. The molecular weight excluding hydrogens is 212 g/mol. The van der Waals surface area contributed by atoms with Crippen molar-refractivity contribution >= 4 is 17.5 Å². The van der Waals surface area contributed by atoms with Crippen LogP contribution in [0.1, 0.15) is 12.7 Å². The number of aryl methyl sites for hydroxylation is 1. The summed E-state index contributed by atoms with van der Waals surface area (Å²) in [4.78, 5) is 4.12. The van der Waals surface area contributed by atoms with Gasteiger partial charge >= 0.3 is 0 Å². The van der Waals surface area contributed by atoms with Gasteiger partial charge in [-0.2, -0.15) is 9.67 Å². The van der Waals surface area contributed by atoms with Gasteiger partial charge < -0.3 is 5.73 Å². The van der Waals surface area contributed by atoms with E-state index in [1.54, 1.807) is 16.8 Å². The Kier molecular flexibility index (Phi) is 2.60. The summed E-state index contributed by atoms with van der Waals surface area (Å²) in [6.07, 6.45) is 0.769. The molecule has 1 heterocycles. The Morgan fingerprint density at radius 1 is 1.33 bits per heavy atom. The lowest BCUT2D eigenvalue weighted by Crippen LogP contribution is -2.02. The molecule has 0 unspecified atom stereocenters. The quantitative estimate of drug-likeness (QED) is 0.846. The highest BCUT2D eigenvalue weighted by molar-refractivity contribution is 6.30. The fraction of sp³-hybridized carbons (Fsp3) is 0.200. The predicted octanol–water partition coefficient (Wildman–Crippen LogP) is 2.07. The third-order valence-corrected chi connectivity index (χ3v) is 2.32. The minimum Gasteiger partial charge on any atom is -0.368 e. The van der Waals surface area contributed by atoms with Crippen LogP contribution in [0.5, 0.6) is 0 Å². The van der Waals surface area contributed by atoms with Crippen LogP contribution in [0.4, 0.5) is 5.95 Å². The van der Waals surface area contributed by atoms with Crippen LogP contribution in [0.25, 0.3) is 5.69 Å². The molecule has 1 aromatic carbocycles. The van der Waals surface area contributed by atoms with Gasteiger partial charge in [0, 0.05) is 11.4 Å². The average molecular weight is 223 g/mol. The second-order valence-electron chi connectivity index (χ2n) is 3.13. The number of anilines is 1. The van der Waals surface area contributed by atoms with E-state index in [0.29, 0.717) is 11.0 Å². The number of rotatable bonds is 2. The number of hydrogen-bond acceptors (Lipinski definition) is 3. The van der Waals surface area contributed by atoms with E-state index in [0.717, 1.165) is 17.9 Å². The molecule has 1 aromatic heterocycles. The van der Waals surface area contributed by atoms with Crippen molar-refractivity contribution in [3.8, 4) is 5.69 Å². The minimum atomic E-state index is 0.397. The number of aromatic nitrogens is 3. The molecule has 78 valence electrons. The first-order valence-electron chi connectivity index (χ1n) is 4.68. The topological polar surface area (TPSA) is 56.7 Å². The van der Waals surface area contributed by atoms with Crippen molar-refractivity contribution in [1.82, 2.24) is 14.8 Å². The molecule has 2 aromatic rings. The van der Waals surface area contributed by atoms with E-state index in [-0.39, 0.29) is 0 Å². The van der Waals surface area contributed by atoms with Crippen molar-refractivity contribution < 1.29 is 0 Å². The number of hydrogen-bond donors (Lipinski definition) is 1. The van der Waals surface area contributed by atoms with Gasteiger partial charge in [-0.05, 0) is 24.3 Å². The smallest absolute Gasteiger partial charge is 0.223 e. The Balaban J connectivity index is 2.44. The molecule has 0 saturated carbocycles. The van der Waals surface area contributed by atoms with Crippen LogP contribution >= 0.6 is 11.6 Å². The first-order valence-corrected chi connectivity index (χ1v) is 5.06. The Hall–Kier alpha value is -1.55. The minimum absolute atomic E-state index is 0.397. The van der Waals surface area contributed by atoms with Crippen LogP contribution < -0.4 is 5.73 Å². The second kappa shape index (κ2) is 3.90. The first-order chi connectivity index (χ1) is 7.20. The maximum Gasteiger partial charge on any atom is 0.223 e. The molecule has 0 aliphatic heterocycles. The summed E-state index contributed by atoms with van der Waals surface area (Å²) in [7, 11) is 0. The van der Waals surface area contributed by atoms with Crippen LogP contribution in [-0.4, -0.2) is 14.8 Å². The number of halogens is 1. The van der Waals surface area contributed by atoms with Crippen LogP contribution in [0.2, 0.25) is 5.02 Å². The normalized spacial score (nSPS) is 10.5. The van der Waals surface area contributed by atoms with E-state index in [9.17, 15) is 0 Å². The molecular formula is C10H11ClN4. The molecule has 0 spiro atoms. The van der Waals surface area contributed by atoms with Gasteiger partial charge in [-0.1, -0.05) is 18.5 Å². The highest BCUT2D eigenvalue weighted by atomic mass is 35.5. The number of nitrogens with zero attached hydrogens (tertiary/aromatic N) is 3. The van der Waals surface area contributed by atoms with E-state index in [4.69, 9.17) is 17.3 Å². The molecule has 2 N–H and O–H groups in total. The molecule has 0 amide bonds. The lowest BCUT2D eigenvalue weighted by molar-refractivity contribution is 0.845. The maximum absolute atomic E-state index is 5.79. The van der Waals surface area contributed by atoms with Crippen LogP contribution in [-0.2, 0) is 6.42 Å². The van der Waals surface area contributed by atoms with E-state index in [1.807, 2.05) is 19.1 Å². The Bertz CT molecular complexity index is 461. The van der Waals surface area contributed by atoms with Gasteiger partial charge in [0.2, 0.25) is 5.95 Å². The number of nitrogen functional groups attached to an aromatic ring is 1. The highest BCUT2D eigenvalue weighted by Crippen LogP contribution is 2.15. The standard InChI is InChI=1S/C10H11ClN4/c1-2-9-13-10(12)15(14-9)8-5-3-7(11)4-6-8/h3-6H,2H2,1H3,(H2,12,13,14). The lowest BCUT2D eigenvalue weighted by atomic mass is 10.3. The zero-order valence-corrected chi connectivity index (χ0v) is 9.07. The van der Waals surface area contributed by atoms with Crippen molar-refractivity contribution in [2.75, 3.05) is 5.73 Å². The summed E-state index contributed by atoms with van der Waals surface area (Å²) in [5, 5.41) is 4.95. The fourth-order valence-corrected chi connectivity index (χ4v) is 1.42. The first kappa shape index (κ1) is 9.98. The van der Waals surface area contributed by atoms with Gasteiger partial charge in [0.1, 0.15) is 0 Å². The van der Waals surface area contributed by atoms with E-state index in [1.165, 1.54) is 0 Å². The van der Waals surface area contributed by atoms with Crippen LogP contribution in [0.3, 0.4) is 0 Å². The Labute approximate surface area is 92.7 Å². The predicted molar refractivity (Wildman–Crippen MR) is 60.2 cm³/mol. The lowest BCUT2D eigenvalue weighted by Gasteiger charge is -2.01. The van der Waals surface area contributed by atoms with E-state index < -0.39 is 0 Å². The molecule has 0 bridgehead atoms. The highest BCUT2D eigenvalue weighted by Gasteiger charge is 2.06. The molecule has 0 aliphatic carbocycles. The van der Waals surface area contributed by atoms with Gasteiger partial charge in [-0.25, -0.2) is 0 Å². The van der Waals surface area contributed by atoms with Gasteiger partial charge in [0.25, 0.3) is 0 Å². The van der Waals surface area contributed by atoms with E-state index in [2.05, 4.69) is 10.1 Å². The Morgan fingerprint density at radius 3 is 2.53 bits per heavy atom. The van der Waals surface area contributed by atoms with Crippen molar-refractivity contribution in [3.63, 3.8) is 0 Å². The van der Waals surface area contributed by atoms with Crippen LogP contribution in [0, 0.1) is 0 Å². The summed E-state index contributed by atoms with van der Waals surface area (Å²) >= 11 is 5.79. The zero-order chi connectivity index (χ0) is 10.8. The maximum atomic E-state index is 5.79. The number of nitrogens with two attached hydrogens (primary N) is 1. The van der Waals surface area contributed by atoms with Crippen molar-refractivity contribution in [2.24, 2.45) is 0 Å². The monoisotopic (exact) mass is 222 g/mol. The third kappa shape index (κ3) is 1.94. The summed E-state index contributed by atoms with van der Waals surface area (Å²) in [6, 6.07) is 7.30. The largest absolute Gasteiger partial charge is 0.368 e. The van der Waals surface area contributed by atoms with Gasteiger partial charge in [0.15, 0.2) is 5.82 Å². The Morgan fingerprint density at radius 2 is 2.00 bits per heavy atom. The third-order valence-electron chi connectivity index (χ3n) is 2.06. The molecule has 4 nitrogen and oxygen atoms in total. The molecule has 15 heavy (non-hydrogen) atoms. The van der Waals surface area contributed by atoms with Crippen molar-refractivity contribution in [1.29, 1.82) is 0 Å². The molecule has 0 aliphatic rings. The fourth-order valence-electron chi connectivity index (χ4n) is 1.29. The average Bonchev–Trinajstić information content (AvgIpc) is 2.61. The molecule has 2 rings (SSSR count). The van der Waals surface area contributed by atoms with E-state index >= 15 is 0 Å². The van der Waals surface area contributed by atoms with Crippen molar-refractivity contribution in [3.05, 3.63) is 35.1 Å². The summed E-state index contributed by atoms with van der Waals surface area (Å²) < 4.78 is 1.61. The molecule has 5 heteroatoms. The summed E-state index contributed by atoms with van der Waals surface area (Å²) in [5.74, 6) is 1.14. The SMILES string of the molecule is CCc1nc(N)n(-c2ccc(Cl)cc2)n1. The van der Waals surface area contributed by atoms with Gasteiger partial charge in [-0.3, -0.25) is 0 Å². The molecule has 0 radical (unpaired) electrons. The van der Waals surface area contributed by atoms with Gasteiger partial charge in [0.05, 0.1) is 5.69 Å². The van der Waals surface area contributed by atoms with Gasteiger partial charge in [-0.15, -0.1) is 5.10 Å². The van der Waals surface area contributed by atoms with Crippen molar-refractivity contribution in [2.45, 2.75) is 13.3 Å². The molecule has 0 atom stereocenters. The second-order valence-corrected chi connectivity index (χ2v) is 3.56. The zero-order valence-electron chi connectivity index (χ0n) is 8.31. The summed E-state index contributed by atoms with van der Waals surface area (Å²) in [6.45, 7) is 1.99.